The molecule has 0 fully saturated rings. The van der Waals surface area contributed by atoms with Gasteiger partial charge in [0.15, 0.2) is 0 Å². The molecule has 0 saturated carbocycles. The van der Waals surface area contributed by atoms with E-state index in [4.69, 9.17) is 14.5 Å². The maximum Gasteiger partial charge on any atom is 0.280 e. The van der Waals surface area contributed by atoms with Crippen LogP contribution in [-0.4, -0.2) is 29.7 Å². The minimum Gasteiger partial charge on any atom is -0.497 e. The van der Waals surface area contributed by atoms with E-state index in [9.17, 15) is 4.79 Å². The van der Waals surface area contributed by atoms with Crippen LogP contribution in [-0.2, 0) is 6.54 Å². The second-order valence-electron chi connectivity index (χ2n) is 6.91. The van der Waals surface area contributed by atoms with Crippen LogP contribution in [0.4, 0.5) is 0 Å². The summed E-state index contributed by atoms with van der Waals surface area (Å²) in [6.07, 6.45) is 0. The molecule has 2 aromatic carbocycles. The van der Waals surface area contributed by atoms with Crippen LogP contribution in [0.25, 0.3) is 16.9 Å². The Morgan fingerprint density at radius 1 is 1.00 bits per heavy atom. The van der Waals surface area contributed by atoms with Crippen LogP contribution in [0.3, 0.4) is 0 Å². The average Bonchev–Trinajstić information content (AvgIpc) is 3.45. The molecule has 0 radical (unpaired) electrons. The number of nitrogens with zero attached hydrogens (tertiary/aromatic N) is 2. The number of hydrogen-bond donors (Lipinski definition) is 1. The summed E-state index contributed by atoms with van der Waals surface area (Å²) in [7, 11) is 3.24. The lowest BCUT2D eigenvalue weighted by molar-refractivity contribution is 0.414. The fraction of sp³-hybridized carbons (Fsp3) is 0.167. The third-order valence-electron chi connectivity index (χ3n) is 5.01. The standard InChI is InChI=1S/C24H23N3O3S/c1-16(25-15-21-5-4-14-31-21)22-23(17-6-10-19(29-2)11-7-17)26-27(24(22)28)18-8-12-20(30-3)13-9-18/h4-14,26H,15H2,1-3H3. The quantitative estimate of drug-likeness (QED) is 0.421. The number of rotatable bonds is 7. The van der Waals surface area contributed by atoms with Gasteiger partial charge in [-0.2, -0.15) is 0 Å². The number of benzene rings is 2. The molecule has 0 atom stereocenters. The fourth-order valence-electron chi connectivity index (χ4n) is 3.33. The molecular weight excluding hydrogens is 410 g/mol. The Hall–Kier alpha value is -3.58. The highest BCUT2D eigenvalue weighted by Gasteiger charge is 2.19. The van der Waals surface area contributed by atoms with Gasteiger partial charge in [-0.3, -0.25) is 14.9 Å². The first-order valence-corrected chi connectivity index (χ1v) is 10.7. The monoisotopic (exact) mass is 433 g/mol. The van der Waals surface area contributed by atoms with E-state index in [1.54, 1.807) is 30.2 Å². The zero-order valence-corrected chi connectivity index (χ0v) is 18.4. The number of aliphatic imine (C=N–C) groups is 1. The summed E-state index contributed by atoms with van der Waals surface area (Å²) in [5, 5.41) is 5.30. The Kier molecular flexibility index (Phi) is 6.04. The smallest absolute Gasteiger partial charge is 0.280 e. The Morgan fingerprint density at radius 2 is 1.65 bits per heavy atom. The van der Waals surface area contributed by atoms with Crippen molar-refractivity contribution in [2.45, 2.75) is 13.5 Å². The molecule has 0 aliphatic heterocycles. The van der Waals surface area contributed by atoms with E-state index in [-0.39, 0.29) is 5.56 Å². The van der Waals surface area contributed by atoms with Crippen molar-refractivity contribution in [3.8, 4) is 28.4 Å². The van der Waals surface area contributed by atoms with Gasteiger partial charge >= 0.3 is 0 Å². The highest BCUT2D eigenvalue weighted by atomic mass is 32.1. The van der Waals surface area contributed by atoms with E-state index < -0.39 is 0 Å². The third kappa shape index (κ3) is 4.32. The highest BCUT2D eigenvalue weighted by molar-refractivity contribution is 7.09. The molecule has 6 nitrogen and oxygen atoms in total. The summed E-state index contributed by atoms with van der Waals surface area (Å²) < 4.78 is 12.0. The molecule has 0 aliphatic rings. The number of ether oxygens (including phenoxy) is 2. The Morgan fingerprint density at radius 3 is 2.23 bits per heavy atom. The molecule has 4 rings (SSSR count). The SMILES string of the molecule is COc1ccc(-c2[nH]n(-c3ccc(OC)cc3)c(=O)c2C(C)=NCc2cccs2)cc1. The van der Waals surface area contributed by atoms with Crippen LogP contribution in [0.15, 0.2) is 75.8 Å². The molecule has 4 aromatic rings. The van der Waals surface area contributed by atoms with Gasteiger partial charge in [0.05, 0.1) is 37.7 Å². The number of nitrogens with one attached hydrogen (secondary N) is 1. The lowest BCUT2D eigenvalue weighted by atomic mass is 10.1. The molecule has 0 unspecified atom stereocenters. The lowest BCUT2D eigenvalue weighted by Crippen LogP contribution is -2.19. The molecule has 0 amide bonds. The number of thiophene rings is 1. The van der Waals surface area contributed by atoms with E-state index in [1.807, 2.05) is 73.0 Å². The average molecular weight is 434 g/mol. The molecule has 2 aromatic heterocycles. The summed E-state index contributed by atoms with van der Waals surface area (Å²) in [4.78, 5) is 19.3. The maximum atomic E-state index is 13.4. The second-order valence-corrected chi connectivity index (χ2v) is 7.94. The van der Waals surface area contributed by atoms with Crippen LogP contribution in [0.2, 0.25) is 0 Å². The lowest BCUT2D eigenvalue weighted by Gasteiger charge is -2.05. The van der Waals surface area contributed by atoms with Crippen molar-refractivity contribution in [1.82, 2.24) is 9.78 Å². The number of aromatic nitrogens is 2. The van der Waals surface area contributed by atoms with Gasteiger partial charge in [-0.25, -0.2) is 4.68 Å². The molecule has 0 saturated heterocycles. The summed E-state index contributed by atoms with van der Waals surface area (Å²) in [5.41, 5.74) is 3.41. The predicted molar refractivity (Wildman–Crippen MR) is 125 cm³/mol. The molecule has 0 spiro atoms. The minimum atomic E-state index is -0.150. The first kappa shape index (κ1) is 20.7. The fourth-order valence-corrected chi connectivity index (χ4v) is 3.96. The molecule has 158 valence electrons. The van der Waals surface area contributed by atoms with Crippen LogP contribution >= 0.6 is 11.3 Å². The maximum absolute atomic E-state index is 13.4. The van der Waals surface area contributed by atoms with Crippen LogP contribution in [0.1, 0.15) is 17.4 Å². The molecule has 31 heavy (non-hydrogen) atoms. The van der Waals surface area contributed by atoms with Gasteiger partial charge < -0.3 is 9.47 Å². The number of aromatic amines is 1. The van der Waals surface area contributed by atoms with E-state index in [0.29, 0.717) is 17.8 Å². The molecule has 2 heterocycles. The molecular formula is C24H23N3O3S. The van der Waals surface area contributed by atoms with Crippen LogP contribution in [0, 0.1) is 0 Å². The van der Waals surface area contributed by atoms with E-state index in [2.05, 4.69) is 5.10 Å². The van der Waals surface area contributed by atoms with Crippen molar-refractivity contribution < 1.29 is 9.47 Å². The van der Waals surface area contributed by atoms with Gasteiger partial charge in [-0.15, -0.1) is 11.3 Å². The van der Waals surface area contributed by atoms with E-state index in [1.165, 1.54) is 0 Å². The first-order chi connectivity index (χ1) is 15.1. The van der Waals surface area contributed by atoms with Crippen LogP contribution in [0.5, 0.6) is 11.5 Å². The number of methoxy groups -OCH3 is 2. The third-order valence-corrected chi connectivity index (χ3v) is 5.87. The normalized spacial score (nSPS) is 11.5. The van der Waals surface area contributed by atoms with Crippen molar-refractivity contribution in [3.05, 3.63) is 86.8 Å². The van der Waals surface area contributed by atoms with Gasteiger partial charge in [0.2, 0.25) is 0 Å². The number of H-pyrrole nitrogens is 1. The number of hydrogen-bond acceptors (Lipinski definition) is 5. The van der Waals surface area contributed by atoms with Gasteiger partial charge in [-0.05, 0) is 66.9 Å². The Balaban J connectivity index is 1.82. The van der Waals surface area contributed by atoms with Crippen LogP contribution < -0.4 is 15.0 Å². The van der Waals surface area contributed by atoms with Crippen molar-refractivity contribution in [2.75, 3.05) is 14.2 Å². The molecule has 7 heteroatoms. The Labute approximate surface area is 184 Å². The zero-order valence-electron chi connectivity index (χ0n) is 17.6. The van der Waals surface area contributed by atoms with Crippen molar-refractivity contribution in [2.24, 2.45) is 4.99 Å². The molecule has 1 N–H and O–H groups in total. The zero-order chi connectivity index (χ0) is 21.8. The highest BCUT2D eigenvalue weighted by Crippen LogP contribution is 2.25. The van der Waals surface area contributed by atoms with Gasteiger partial charge in [0.25, 0.3) is 5.56 Å². The summed E-state index contributed by atoms with van der Waals surface area (Å²) >= 11 is 1.65. The first-order valence-electron chi connectivity index (χ1n) is 9.78. The van der Waals surface area contributed by atoms with Gasteiger partial charge in [0.1, 0.15) is 11.5 Å². The minimum absolute atomic E-state index is 0.150. The predicted octanol–water partition coefficient (Wildman–Crippen LogP) is 4.92. The topological polar surface area (TPSA) is 68.6 Å². The summed E-state index contributed by atoms with van der Waals surface area (Å²) in [6, 6.07) is 19.0. The van der Waals surface area contributed by atoms with Crippen molar-refractivity contribution in [3.63, 3.8) is 0 Å². The van der Waals surface area contributed by atoms with Crippen molar-refractivity contribution >= 4 is 17.0 Å². The Bertz CT molecular complexity index is 1230. The van der Waals surface area contributed by atoms with Crippen molar-refractivity contribution in [1.29, 1.82) is 0 Å². The summed E-state index contributed by atoms with van der Waals surface area (Å²) in [5.74, 6) is 1.48. The van der Waals surface area contributed by atoms with Gasteiger partial charge in [-0.1, -0.05) is 6.07 Å². The van der Waals surface area contributed by atoms with E-state index in [0.717, 1.165) is 33.3 Å². The van der Waals surface area contributed by atoms with Gasteiger partial charge in [0, 0.05) is 16.2 Å². The largest absolute Gasteiger partial charge is 0.497 e. The molecule has 0 aliphatic carbocycles. The second kappa shape index (κ2) is 9.06. The molecule has 0 bridgehead atoms. The van der Waals surface area contributed by atoms with E-state index >= 15 is 0 Å². The summed E-state index contributed by atoms with van der Waals surface area (Å²) in [6.45, 7) is 2.42.